The molecule has 1 aromatic rings. The molecule has 0 spiro atoms. The van der Waals surface area contributed by atoms with Gasteiger partial charge in [-0.15, -0.1) is 0 Å². The number of β-amino-alcohol motifs (C(OH)–C–C–N with tert-alkyl or cyclic N) is 1. The fourth-order valence-electron chi connectivity index (χ4n) is 3.22. The van der Waals surface area contributed by atoms with Gasteiger partial charge < -0.3 is 30.1 Å². The van der Waals surface area contributed by atoms with E-state index in [0.29, 0.717) is 13.1 Å². The highest BCUT2D eigenvalue weighted by Gasteiger charge is 2.29. The van der Waals surface area contributed by atoms with E-state index in [1.165, 1.54) is 0 Å². The SMILES string of the molecule is CC1CN(CC(O)CO)c2c(cccc2N2CCNCC2)O1. The molecular weight excluding hydrogens is 282 g/mol. The van der Waals surface area contributed by atoms with Crippen LogP contribution < -0.4 is 19.9 Å². The minimum Gasteiger partial charge on any atom is -0.487 e. The number of hydrogen-bond donors (Lipinski definition) is 3. The van der Waals surface area contributed by atoms with Gasteiger partial charge in [-0.2, -0.15) is 0 Å². The van der Waals surface area contributed by atoms with E-state index in [-0.39, 0.29) is 12.7 Å². The molecule has 122 valence electrons. The van der Waals surface area contributed by atoms with E-state index in [0.717, 1.165) is 43.3 Å². The Bertz CT molecular complexity index is 505. The van der Waals surface area contributed by atoms with Gasteiger partial charge in [-0.1, -0.05) is 6.07 Å². The molecule has 22 heavy (non-hydrogen) atoms. The maximum atomic E-state index is 9.87. The van der Waals surface area contributed by atoms with Crippen LogP contribution >= 0.6 is 0 Å². The van der Waals surface area contributed by atoms with Crippen LogP contribution in [0.2, 0.25) is 0 Å². The predicted octanol–water partition coefficient (Wildman–Crippen LogP) is 0.0367. The maximum absolute atomic E-state index is 9.87. The molecule has 2 unspecified atom stereocenters. The third-order valence-corrected chi connectivity index (χ3v) is 4.20. The zero-order valence-electron chi connectivity index (χ0n) is 13.0. The van der Waals surface area contributed by atoms with Crippen molar-refractivity contribution in [3.8, 4) is 5.75 Å². The minimum absolute atomic E-state index is 0.0664. The molecule has 1 aromatic carbocycles. The number of anilines is 2. The van der Waals surface area contributed by atoms with Gasteiger partial charge in [0.25, 0.3) is 0 Å². The Morgan fingerprint density at radius 1 is 1.36 bits per heavy atom. The number of nitrogens with zero attached hydrogens (tertiary/aromatic N) is 2. The smallest absolute Gasteiger partial charge is 0.145 e. The first kappa shape index (κ1) is 15.4. The average Bonchev–Trinajstić information content (AvgIpc) is 2.54. The fourth-order valence-corrected chi connectivity index (χ4v) is 3.22. The Morgan fingerprint density at radius 3 is 2.86 bits per heavy atom. The number of rotatable bonds is 4. The molecule has 6 nitrogen and oxygen atoms in total. The van der Waals surface area contributed by atoms with Gasteiger partial charge >= 0.3 is 0 Å². The van der Waals surface area contributed by atoms with Crippen LogP contribution in [-0.2, 0) is 0 Å². The first-order chi connectivity index (χ1) is 10.7. The van der Waals surface area contributed by atoms with Crippen LogP contribution in [0.25, 0.3) is 0 Å². The van der Waals surface area contributed by atoms with Crippen LogP contribution in [0.5, 0.6) is 5.75 Å². The van der Waals surface area contributed by atoms with Gasteiger partial charge in [0.1, 0.15) is 17.5 Å². The van der Waals surface area contributed by atoms with Crippen molar-refractivity contribution in [2.24, 2.45) is 0 Å². The predicted molar refractivity (Wildman–Crippen MR) is 86.9 cm³/mol. The largest absolute Gasteiger partial charge is 0.487 e. The summed E-state index contributed by atoms with van der Waals surface area (Å²) < 4.78 is 5.98. The summed E-state index contributed by atoms with van der Waals surface area (Å²) in [6, 6.07) is 6.12. The Morgan fingerprint density at radius 2 is 2.14 bits per heavy atom. The van der Waals surface area contributed by atoms with Crippen molar-refractivity contribution in [1.29, 1.82) is 0 Å². The van der Waals surface area contributed by atoms with E-state index >= 15 is 0 Å². The van der Waals surface area contributed by atoms with Gasteiger partial charge in [-0.05, 0) is 19.1 Å². The molecular formula is C16H25N3O3. The number of para-hydroxylation sites is 1. The second-order valence-corrected chi connectivity index (χ2v) is 6.03. The quantitative estimate of drug-likeness (QED) is 0.730. The lowest BCUT2D eigenvalue weighted by Gasteiger charge is -2.40. The lowest BCUT2D eigenvalue weighted by Crippen LogP contribution is -2.47. The summed E-state index contributed by atoms with van der Waals surface area (Å²) in [7, 11) is 0. The lowest BCUT2D eigenvalue weighted by atomic mass is 10.1. The molecule has 0 radical (unpaired) electrons. The Kier molecular flexibility index (Phi) is 4.71. The molecule has 6 heteroatoms. The molecule has 2 atom stereocenters. The first-order valence-electron chi connectivity index (χ1n) is 7.98. The number of fused-ring (bicyclic) bond motifs is 1. The number of hydrogen-bond acceptors (Lipinski definition) is 6. The summed E-state index contributed by atoms with van der Waals surface area (Å²) >= 11 is 0. The Balaban J connectivity index is 1.94. The highest BCUT2D eigenvalue weighted by molar-refractivity contribution is 5.79. The third kappa shape index (κ3) is 3.14. The van der Waals surface area contributed by atoms with Crippen LogP contribution in [0.1, 0.15) is 6.92 Å². The zero-order valence-corrected chi connectivity index (χ0v) is 13.0. The summed E-state index contributed by atoms with van der Waals surface area (Å²) in [4.78, 5) is 4.49. The first-order valence-corrected chi connectivity index (χ1v) is 7.98. The van der Waals surface area contributed by atoms with Gasteiger partial charge in [-0.3, -0.25) is 0 Å². The summed E-state index contributed by atoms with van der Waals surface area (Å²) in [5, 5.41) is 22.4. The van der Waals surface area contributed by atoms with Crippen molar-refractivity contribution >= 4 is 11.4 Å². The van der Waals surface area contributed by atoms with Crippen LogP contribution in [-0.4, -0.2) is 68.3 Å². The fraction of sp³-hybridized carbons (Fsp3) is 0.625. The molecule has 2 heterocycles. The Labute approximate surface area is 131 Å². The van der Waals surface area contributed by atoms with Crippen molar-refractivity contribution in [3.63, 3.8) is 0 Å². The number of aliphatic hydroxyl groups excluding tert-OH is 2. The molecule has 0 aromatic heterocycles. The molecule has 2 aliphatic rings. The molecule has 3 N–H and O–H groups in total. The van der Waals surface area contributed by atoms with E-state index in [1.807, 2.05) is 19.1 Å². The third-order valence-electron chi connectivity index (χ3n) is 4.20. The molecule has 0 bridgehead atoms. The molecule has 2 aliphatic heterocycles. The van der Waals surface area contributed by atoms with Gasteiger partial charge in [0.2, 0.25) is 0 Å². The summed E-state index contributed by atoms with van der Waals surface area (Å²) in [5.74, 6) is 0.861. The van der Waals surface area contributed by atoms with E-state index < -0.39 is 6.10 Å². The van der Waals surface area contributed by atoms with Crippen molar-refractivity contribution in [3.05, 3.63) is 18.2 Å². The molecule has 1 fully saturated rings. The zero-order chi connectivity index (χ0) is 15.5. The standard InChI is InChI=1S/C16H25N3O3/c1-12-9-19(10-13(21)11-20)16-14(3-2-4-15(16)22-12)18-7-5-17-6-8-18/h2-4,12-13,17,20-21H,5-11H2,1H3. The minimum atomic E-state index is -0.741. The molecule has 1 saturated heterocycles. The average molecular weight is 307 g/mol. The van der Waals surface area contributed by atoms with E-state index in [9.17, 15) is 10.2 Å². The van der Waals surface area contributed by atoms with Crippen LogP contribution in [0.3, 0.4) is 0 Å². The summed E-state index contributed by atoms with van der Waals surface area (Å²) in [5.41, 5.74) is 2.19. The van der Waals surface area contributed by atoms with E-state index in [4.69, 9.17) is 4.74 Å². The monoisotopic (exact) mass is 307 g/mol. The number of piperazine rings is 1. The second-order valence-electron chi connectivity index (χ2n) is 6.03. The highest BCUT2D eigenvalue weighted by Crippen LogP contribution is 2.41. The maximum Gasteiger partial charge on any atom is 0.145 e. The van der Waals surface area contributed by atoms with Gasteiger partial charge in [0.15, 0.2) is 0 Å². The van der Waals surface area contributed by atoms with Gasteiger partial charge in [0, 0.05) is 32.7 Å². The van der Waals surface area contributed by atoms with Crippen LogP contribution in [0, 0.1) is 0 Å². The number of nitrogens with one attached hydrogen (secondary N) is 1. The van der Waals surface area contributed by atoms with Crippen LogP contribution in [0.15, 0.2) is 18.2 Å². The van der Waals surface area contributed by atoms with Crippen molar-refractivity contribution in [2.45, 2.75) is 19.1 Å². The molecule has 3 rings (SSSR count). The summed E-state index contributed by atoms with van der Waals surface area (Å²) in [6.07, 6.45) is -0.675. The van der Waals surface area contributed by atoms with Crippen molar-refractivity contribution in [1.82, 2.24) is 5.32 Å². The number of ether oxygens (including phenoxy) is 1. The number of aliphatic hydroxyl groups is 2. The van der Waals surface area contributed by atoms with Gasteiger partial charge in [0.05, 0.1) is 24.9 Å². The topological polar surface area (TPSA) is 68.2 Å². The van der Waals surface area contributed by atoms with Crippen LogP contribution in [0.4, 0.5) is 11.4 Å². The second kappa shape index (κ2) is 6.73. The Hall–Kier alpha value is -1.50. The molecule has 0 saturated carbocycles. The van der Waals surface area contributed by atoms with E-state index in [2.05, 4.69) is 21.2 Å². The lowest BCUT2D eigenvalue weighted by molar-refractivity contribution is 0.0962. The molecule has 0 amide bonds. The van der Waals surface area contributed by atoms with E-state index in [1.54, 1.807) is 0 Å². The van der Waals surface area contributed by atoms with Gasteiger partial charge in [-0.25, -0.2) is 0 Å². The highest BCUT2D eigenvalue weighted by atomic mass is 16.5. The molecule has 0 aliphatic carbocycles. The number of benzene rings is 1. The van der Waals surface area contributed by atoms with Crippen molar-refractivity contribution < 1.29 is 14.9 Å². The summed E-state index contributed by atoms with van der Waals surface area (Å²) in [6.45, 7) is 6.80. The van der Waals surface area contributed by atoms with Crippen molar-refractivity contribution in [2.75, 3.05) is 55.7 Å². The normalized spacial score (nSPS) is 23.0.